The van der Waals surface area contributed by atoms with Gasteiger partial charge in [-0.15, -0.1) is 0 Å². The van der Waals surface area contributed by atoms with Crippen molar-refractivity contribution in [3.8, 4) is 11.5 Å². The fourth-order valence-electron chi connectivity index (χ4n) is 2.95. The van der Waals surface area contributed by atoms with E-state index in [9.17, 15) is 0 Å². The van der Waals surface area contributed by atoms with Crippen LogP contribution in [-0.2, 0) is 6.42 Å². The van der Waals surface area contributed by atoms with Gasteiger partial charge in [0.25, 0.3) is 0 Å². The average molecular weight is 325 g/mol. The molecule has 0 saturated carbocycles. The number of benzene rings is 2. The van der Waals surface area contributed by atoms with Crippen molar-refractivity contribution in [2.75, 3.05) is 20.3 Å². The summed E-state index contributed by atoms with van der Waals surface area (Å²) in [6, 6.07) is 14.0. The van der Waals surface area contributed by atoms with Crippen LogP contribution < -0.4 is 15.2 Å². The maximum atomic E-state index is 6.03. The predicted octanol–water partition coefficient (Wildman–Crippen LogP) is 3.26. The maximum Gasteiger partial charge on any atom is 0.163 e. The molecule has 0 spiro atoms. The number of para-hydroxylation sites is 3. The van der Waals surface area contributed by atoms with Crippen molar-refractivity contribution >= 4 is 11.0 Å². The number of methoxy groups -OCH3 is 1. The number of aromatic amines is 1. The van der Waals surface area contributed by atoms with Gasteiger partial charge in [-0.25, -0.2) is 4.98 Å². The smallest absolute Gasteiger partial charge is 0.163 e. The Kier molecular flexibility index (Phi) is 5.01. The fourth-order valence-corrected chi connectivity index (χ4v) is 2.95. The van der Waals surface area contributed by atoms with E-state index >= 15 is 0 Å². The van der Waals surface area contributed by atoms with Crippen LogP contribution >= 0.6 is 0 Å². The van der Waals surface area contributed by atoms with Crippen LogP contribution in [0.5, 0.6) is 11.5 Å². The minimum Gasteiger partial charge on any atom is -0.493 e. The Balaban J connectivity index is 1.91. The number of nitrogens with zero attached hydrogens (tertiary/aromatic N) is 1. The van der Waals surface area contributed by atoms with Gasteiger partial charge in [0.15, 0.2) is 11.5 Å². The largest absolute Gasteiger partial charge is 0.493 e. The van der Waals surface area contributed by atoms with Crippen molar-refractivity contribution in [1.29, 1.82) is 0 Å². The number of imidazole rings is 1. The van der Waals surface area contributed by atoms with E-state index < -0.39 is 0 Å². The van der Waals surface area contributed by atoms with E-state index in [2.05, 4.69) is 9.97 Å². The molecule has 0 aliphatic carbocycles. The van der Waals surface area contributed by atoms with E-state index in [1.807, 2.05) is 49.4 Å². The van der Waals surface area contributed by atoms with Gasteiger partial charge in [-0.3, -0.25) is 0 Å². The monoisotopic (exact) mass is 325 g/mol. The first kappa shape index (κ1) is 16.3. The molecule has 5 nitrogen and oxygen atoms in total. The lowest BCUT2D eigenvalue weighted by Gasteiger charge is -2.17. The third-order valence-electron chi connectivity index (χ3n) is 4.11. The molecule has 0 radical (unpaired) electrons. The Bertz CT molecular complexity index is 780. The first-order valence-electron chi connectivity index (χ1n) is 8.20. The first-order valence-corrected chi connectivity index (χ1v) is 8.20. The van der Waals surface area contributed by atoms with Gasteiger partial charge in [-0.2, -0.15) is 0 Å². The highest BCUT2D eigenvalue weighted by atomic mass is 16.5. The zero-order valence-electron chi connectivity index (χ0n) is 14.1. The van der Waals surface area contributed by atoms with E-state index in [1.54, 1.807) is 7.11 Å². The topological polar surface area (TPSA) is 73.2 Å². The molecule has 0 fully saturated rings. The minimum absolute atomic E-state index is 0.0863. The third-order valence-corrected chi connectivity index (χ3v) is 4.11. The summed E-state index contributed by atoms with van der Waals surface area (Å²) in [5, 5.41) is 0. The van der Waals surface area contributed by atoms with E-state index in [-0.39, 0.29) is 5.92 Å². The van der Waals surface area contributed by atoms with Gasteiger partial charge in [0.05, 0.1) is 24.8 Å². The lowest BCUT2D eigenvalue weighted by Crippen LogP contribution is -2.17. The number of nitrogens with two attached hydrogens (primary N) is 1. The van der Waals surface area contributed by atoms with Crippen LogP contribution in [0.15, 0.2) is 42.5 Å². The molecule has 3 N–H and O–H groups in total. The molecule has 126 valence electrons. The molecule has 3 aromatic rings. The Hall–Kier alpha value is -2.53. The summed E-state index contributed by atoms with van der Waals surface area (Å²) >= 11 is 0. The molecule has 24 heavy (non-hydrogen) atoms. The van der Waals surface area contributed by atoms with Crippen LogP contribution in [0.4, 0.5) is 0 Å². The summed E-state index contributed by atoms with van der Waals surface area (Å²) < 4.78 is 11.2. The molecular weight excluding hydrogens is 302 g/mol. The quantitative estimate of drug-likeness (QED) is 0.699. The van der Waals surface area contributed by atoms with Gasteiger partial charge in [0, 0.05) is 12.5 Å². The molecule has 3 rings (SSSR count). The number of ether oxygens (including phenoxy) is 2. The van der Waals surface area contributed by atoms with Crippen LogP contribution in [0.3, 0.4) is 0 Å². The number of hydrogen-bond donors (Lipinski definition) is 2. The second kappa shape index (κ2) is 7.36. The van der Waals surface area contributed by atoms with Gasteiger partial charge in [-0.1, -0.05) is 24.3 Å². The number of aromatic nitrogens is 2. The normalized spacial score (nSPS) is 12.3. The number of nitrogens with one attached hydrogen (secondary N) is 1. The molecule has 1 atom stereocenters. The number of hydrogen-bond acceptors (Lipinski definition) is 4. The van der Waals surface area contributed by atoms with Crippen LogP contribution in [0.1, 0.15) is 24.2 Å². The number of fused-ring (bicyclic) bond motifs is 1. The zero-order valence-corrected chi connectivity index (χ0v) is 14.1. The Labute approximate surface area is 141 Å². The SMILES string of the molecule is CCOc1cccc(CC(CN)c2nc3ccccc3[nH]2)c1OC. The van der Waals surface area contributed by atoms with Gasteiger partial charge in [0.2, 0.25) is 0 Å². The van der Waals surface area contributed by atoms with Crippen molar-refractivity contribution in [2.45, 2.75) is 19.3 Å². The molecule has 0 bridgehead atoms. The Morgan fingerprint density at radius 3 is 2.71 bits per heavy atom. The summed E-state index contributed by atoms with van der Waals surface area (Å²) in [6.07, 6.45) is 0.737. The third kappa shape index (κ3) is 3.21. The molecule has 0 saturated heterocycles. The van der Waals surface area contributed by atoms with Crippen molar-refractivity contribution in [2.24, 2.45) is 5.73 Å². The van der Waals surface area contributed by atoms with Gasteiger partial charge < -0.3 is 20.2 Å². The van der Waals surface area contributed by atoms with Gasteiger partial charge >= 0.3 is 0 Å². The molecule has 5 heteroatoms. The second-order valence-electron chi connectivity index (χ2n) is 5.66. The van der Waals surface area contributed by atoms with Crippen LogP contribution in [0.25, 0.3) is 11.0 Å². The van der Waals surface area contributed by atoms with Crippen molar-refractivity contribution in [1.82, 2.24) is 9.97 Å². The van der Waals surface area contributed by atoms with Crippen molar-refractivity contribution < 1.29 is 9.47 Å². The summed E-state index contributed by atoms with van der Waals surface area (Å²) in [4.78, 5) is 8.07. The van der Waals surface area contributed by atoms with Crippen molar-refractivity contribution in [3.63, 3.8) is 0 Å². The minimum atomic E-state index is 0.0863. The predicted molar refractivity (Wildman–Crippen MR) is 95.8 cm³/mol. The standard InChI is InChI=1S/C19H23N3O2/c1-3-24-17-10-6-7-13(18(17)23-2)11-14(12-20)19-21-15-8-4-5-9-16(15)22-19/h4-10,14H,3,11-12,20H2,1-2H3,(H,21,22). The van der Waals surface area contributed by atoms with Gasteiger partial charge in [-0.05, 0) is 37.1 Å². The Morgan fingerprint density at radius 2 is 2.00 bits per heavy atom. The van der Waals surface area contributed by atoms with Crippen LogP contribution in [0, 0.1) is 0 Å². The fraction of sp³-hybridized carbons (Fsp3) is 0.316. The number of rotatable bonds is 7. The second-order valence-corrected chi connectivity index (χ2v) is 5.66. The molecule has 2 aromatic carbocycles. The lowest BCUT2D eigenvalue weighted by molar-refractivity contribution is 0.308. The van der Waals surface area contributed by atoms with Crippen LogP contribution in [-0.4, -0.2) is 30.2 Å². The Morgan fingerprint density at radius 1 is 1.17 bits per heavy atom. The first-order chi connectivity index (χ1) is 11.8. The molecule has 1 aromatic heterocycles. The van der Waals surface area contributed by atoms with E-state index in [0.717, 1.165) is 40.3 Å². The lowest BCUT2D eigenvalue weighted by atomic mass is 9.97. The molecule has 1 unspecified atom stereocenters. The van der Waals surface area contributed by atoms with E-state index in [4.69, 9.17) is 15.2 Å². The molecule has 0 aliphatic rings. The summed E-state index contributed by atoms with van der Waals surface area (Å²) in [5.74, 6) is 2.53. The highest BCUT2D eigenvalue weighted by Gasteiger charge is 2.19. The highest BCUT2D eigenvalue weighted by molar-refractivity contribution is 5.74. The molecular formula is C19H23N3O2. The number of H-pyrrole nitrogens is 1. The average Bonchev–Trinajstić information content (AvgIpc) is 3.04. The zero-order chi connectivity index (χ0) is 16.9. The van der Waals surface area contributed by atoms with E-state index in [0.29, 0.717) is 13.2 Å². The van der Waals surface area contributed by atoms with E-state index in [1.165, 1.54) is 0 Å². The highest BCUT2D eigenvalue weighted by Crippen LogP contribution is 2.34. The van der Waals surface area contributed by atoms with Crippen molar-refractivity contribution in [3.05, 3.63) is 53.9 Å². The molecule has 0 amide bonds. The maximum absolute atomic E-state index is 6.03. The summed E-state index contributed by atoms with van der Waals surface area (Å²) in [7, 11) is 1.67. The molecule has 1 heterocycles. The molecule has 0 aliphatic heterocycles. The van der Waals surface area contributed by atoms with Crippen LogP contribution in [0.2, 0.25) is 0 Å². The summed E-state index contributed by atoms with van der Waals surface area (Å²) in [6.45, 7) is 3.06. The summed E-state index contributed by atoms with van der Waals surface area (Å²) in [5.41, 5.74) is 9.09. The van der Waals surface area contributed by atoms with Gasteiger partial charge in [0.1, 0.15) is 5.82 Å².